The van der Waals surface area contributed by atoms with Gasteiger partial charge in [-0.2, -0.15) is 0 Å². The van der Waals surface area contributed by atoms with Gasteiger partial charge in [0.05, 0.1) is 5.02 Å². The minimum atomic E-state index is 0.632. The Morgan fingerprint density at radius 2 is 1.40 bits per heavy atom. The largest absolute Gasteiger partial charge is 0.366 e. The second-order valence-corrected chi connectivity index (χ2v) is 5.39. The van der Waals surface area contributed by atoms with Gasteiger partial charge in [0.25, 0.3) is 0 Å². The van der Waals surface area contributed by atoms with Crippen molar-refractivity contribution in [3.8, 4) is 0 Å². The van der Waals surface area contributed by atoms with Gasteiger partial charge in [-0.1, -0.05) is 49.7 Å². The maximum atomic E-state index is 5.82. The molecule has 0 atom stereocenters. The van der Waals surface area contributed by atoms with Gasteiger partial charge in [-0.3, -0.25) is 0 Å². The van der Waals surface area contributed by atoms with Gasteiger partial charge in [0.2, 0.25) is 5.95 Å². The second-order valence-electron chi connectivity index (χ2n) is 4.96. The van der Waals surface area contributed by atoms with Crippen molar-refractivity contribution in [2.75, 3.05) is 10.6 Å². The molecule has 2 N–H and O–H groups in total. The lowest BCUT2D eigenvalue weighted by atomic mass is 10.1. The first-order chi connectivity index (χ1) is 12.3. The van der Waals surface area contributed by atoms with Crippen molar-refractivity contribution in [1.29, 1.82) is 0 Å². The molecule has 0 radical (unpaired) electrons. The van der Waals surface area contributed by atoms with E-state index in [2.05, 4.69) is 49.9 Å². The smallest absolute Gasteiger partial charge is 0.222 e. The fraction of sp³-hybridized carbons (Fsp3) is 0.211. The van der Waals surface area contributed by atoms with Gasteiger partial charge < -0.3 is 10.6 Å². The van der Waals surface area contributed by atoms with E-state index in [-0.39, 0.29) is 0 Å². The van der Waals surface area contributed by atoms with Crippen LogP contribution in [-0.2, 0) is 13.1 Å². The van der Waals surface area contributed by atoms with Crippen molar-refractivity contribution < 1.29 is 0 Å². The van der Waals surface area contributed by atoms with Crippen LogP contribution in [0, 0.1) is 0 Å². The third kappa shape index (κ3) is 6.39. The summed E-state index contributed by atoms with van der Waals surface area (Å²) in [5.41, 5.74) is 2.35. The third-order valence-electron chi connectivity index (χ3n) is 3.24. The molecule has 3 rings (SSSR count). The molecule has 2 heterocycles. The summed E-state index contributed by atoms with van der Waals surface area (Å²) in [5.74, 6) is 1.44. The molecular weight excluding hydrogens is 334 g/mol. The van der Waals surface area contributed by atoms with Crippen molar-refractivity contribution in [3.63, 3.8) is 0 Å². The highest BCUT2D eigenvalue weighted by Crippen LogP contribution is 2.12. The molecule has 2 aromatic heterocycles. The Hall–Kier alpha value is -2.66. The number of pyridine rings is 1. The van der Waals surface area contributed by atoms with Crippen LogP contribution in [0.3, 0.4) is 0 Å². The number of benzene rings is 1. The summed E-state index contributed by atoms with van der Waals surface area (Å²) < 4.78 is 0. The highest BCUT2D eigenvalue weighted by molar-refractivity contribution is 6.30. The molecule has 0 bridgehead atoms. The summed E-state index contributed by atoms with van der Waals surface area (Å²) >= 11 is 5.82. The Kier molecular flexibility index (Phi) is 7.66. The molecule has 0 fully saturated rings. The number of nitrogens with one attached hydrogen (secondary N) is 2. The predicted octanol–water partition coefficient (Wildman–Crippen LogP) is 4.78. The average molecular weight is 356 g/mol. The van der Waals surface area contributed by atoms with E-state index in [0.29, 0.717) is 24.1 Å². The Bertz CT molecular complexity index is 730. The van der Waals surface area contributed by atoms with Gasteiger partial charge in [-0.05, 0) is 29.3 Å². The first-order valence-corrected chi connectivity index (χ1v) is 8.61. The monoisotopic (exact) mass is 355 g/mol. The van der Waals surface area contributed by atoms with Gasteiger partial charge in [0.1, 0.15) is 5.82 Å². The zero-order valence-corrected chi connectivity index (χ0v) is 15.2. The minimum Gasteiger partial charge on any atom is -0.366 e. The van der Waals surface area contributed by atoms with Gasteiger partial charge >= 0.3 is 0 Å². The topological polar surface area (TPSA) is 62.7 Å². The van der Waals surface area contributed by atoms with Crippen molar-refractivity contribution in [2.45, 2.75) is 26.9 Å². The fourth-order valence-electron chi connectivity index (χ4n) is 2.02. The van der Waals surface area contributed by atoms with Crippen LogP contribution in [0.15, 0.2) is 61.1 Å². The minimum absolute atomic E-state index is 0.632. The van der Waals surface area contributed by atoms with E-state index in [1.807, 2.05) is 26.0 Å². The fourth-order valence-corrected chi connectivity index (χ4v) is 2.13. The predicted molar refractivity (Wildman–Crippen MR) is 104 cm³/mol. The van der Waals surface area contributed by atoms with Gasteiger partial charge in [0.15, 0.2) is 0 Å². The zero-order chi connectivity index (χ0) is 17.9. The molecule has 5 nitrogen and oxygen atoms in total. The highest BCUT2D eigenvalue weighted by atomic mass is 35.5. The molecular formula is C19H22ClN5. The number of hydrogen-bond acceptors (Lipinski definition) is 5. The van der Waals surface area contributed by atoms with Crippen LogP contribution in [0.25, 0.3) is 0 Å². The van der Waals surface area contributed by atoms with Crippen LogP contribution in [-0.4, -0.2) is 15.0 Å². The molecule has 0 spiro atoms. The summed E-state index contributed by atoms with van der Waals surface area (Å²) in [4.78, 5) is 12.5. The summed E-state index contributed by atoms with van der Waals surface area (Å²) in [6.45, 7) is 5.40. The Balaban J connectivity index is 0.00000109. The molecule has 0 saturated carbocycles. The highest BCUT2D eigenvalue weighted by Gasteiger charge is 1.98. The SMILES string of the molecule is CC.Clc1ccc(NCc2ccc(CNc3ncccn3)cc2)nc1. The second kappa shape index (κ2) is 10.3. The van der Waals surface area contributed by atoms with Crippen LogP contribution in [0.5, 0.6) is 0 Å². The van der Waals surface area contributed by atoms with E-state index in [0.717, 1.165) is 5.82 Å². The van der Waals surface area contributed by atoms with E-state index in [1.54, 1.807) is 24.7 Å². The Morgan fingerprint density at radius 1 is 0.800 bits per heavy atom. The Labute approximate surface area is 153 Å². The van der Waals surface area contributed by atoms with Crippen LogP contribution in [0.2, 0.25) is 5.02 Å². The van der Waals surface area contributed by atoms with E-state index in [9.17, 15) is 0 Å². The lowest BCUT2D eigenvalue weighted by Gasteiger charge is -2.08. The number of rotatable bonds is 6. The molecule has 0 aliphatic heterocycles. The summed E-state index contributed by atoms with van der Waals surface area (Å²) in [5, 5.41) is 7.08. The molecule has 130 valence electrons. The Morgan fingerprint density at radius 3 is 1.96 bits per heavy atom. The summed E-state index contributed by atoms with van der Waals surface area (Å²) in [6, 6.07) is 13.8. The molecule has 25 heavy (non-hydrogen) atoms. The van der Waals surface area contributed by atoms with Crippen molar-refractivity contribution >= 4 is 23.4 Å². The van der Waals surface area contributed by atoms with Gasteiger partial charge in [0, 0.05) is 31.7 Å². The summed E-state index contributed by atoms with van der Waals surface area (Å²) in [7, 11) is 0. The van der Waals surface area contributed by atoms with Crippen LogP contribution in [0.1, 0.15) is 25.0 Å². The number of aromatic nitrogens is 3. The van der Waals surface area contributed by atoms with Gasteiger partial charge in [-0.25, -0.2) is 15.0 Å². The maximum Gasteiger partial charge on any atom is 0.222 e. The average Bonchev–Trinajstić information content (AvgIpc) is 2.69. The van der Waals surface area contributed by atoms with Crippen molar-refractivity contribution in [3.05, 3.63) is 77.2 Å². The maximum absolute atomic E-state index is 5.82. The lowest BCUT2D eigenvalue weighted by molar-refractivity contribution is 1.05. The molecule has 0 aliphatic rings. The van der Waals surface area contributed by atoms with E-state index in [4.69, 9.17) is 11.6 Å². The number of anilines is 2. The first kappa shape index (κ1) is 18.7. The molecule has 6 heteroatoms. The molecule has 0 amide bonds. The standard InChI is InChI=1S/C17H16ClN5.C2H6/c18-15-6-7-16(22-12-15)21-10-13-2-4-14(5-3-13)11-23-17-19-8-1-9-20-17;1-2/h1-9,12H,10-11H2,(H,21,22)(H,19,20,23);1-2H3. The van der Waals surface area contributed by atoms with E-state index >= 15 is 0 Å². The van der Waals surface area contributed by atoms with Crippen molar-refractivity contribution in [1.82, 2.24) is 15.0 Å². The normalized spacial score (nSPS) is 9.72. The molecule has 1 aromatic carbocycles. The third-order valence-corrected chi connectivity index (χ3v) is 3.46. The molecule has 3 aromatic rings. The molecule has 0 aliphatic carbocycles. The number of nitrogens with zero attached hydrogens (tertiary/aromatic N) is 3. The van der Waals surface area contributed by atoms with E-state index < -0.39 is 0 Å². The summed E-state index contributed by atoms with van der Waals surface area (Å²) in [6.07, 6.45) is 5.06. The molecule has 0 saturated heterocycles. The quantitative estimate of drug-likeness (QED) is 0.666. The van der Waals surface area contributed by atoms with Crippen molar-refractivity contribution in [2.24, 2.45) is 0 Å². The van der Waals surface area contributed by atoms with Crippen LogP contribution < -0.4 is 10.6 Å². The first-order valence-electron chi connectivity index (χ1n) is 8.24. The van der Waals surface area contributed by atoms with E-state index in [1.165, 1.54) is 11.1 Å². The number of hydrogen-bond donors (Lipinski definition) is 2. The van der Waals surface area contributed by atoms with Crippen LogP contribution >= 0.6 is 11.6 Å². The zero-order valence-electron chi connectivity index (χ0n) is 14.4. The number of halogens is 1. The lowest BCUT2D eigenvalue weighted by Crippen LogP contribution is -2.04. The van der Waals surface area contributed by atoms with Gasteiger partial charge in [-0.15, -0.1) is 0 Å². The van der Waals surface area contributed by atoms with Crippen LogP contribution in [0.4, 0.5) is 11.8 Å². The molecule has 0 unspecified atom stereocenters.